The van der Waals surface area contributed by atoms with E-state index in [-0.39, 0.29) is 12.2 Å². The lowest BCUT2D eigenvalue weighted by atomic mass is 9.86. The van der Waals surface area contributed by atoms with Crippen molar-refractivity contribution < 1.29 is 4.74 Å². The van der Waals surface area contributed by atoms with Crippen molar-refractivity contribution in [1.29, 1.82) is 0 Å². The molecule has 128 valence electrons. The van der Waals surface area contributed by atoms with Gasteiger partial charge in [-0.1, -0.05) is 71.8 Å². The maximum Gasteiger partial charge on any atom is 0.105 e. The Kier molecular flexibility index (Phi) is 4.59. The number of ether oxygens (including phenoxy) is 1. The second kappa shape index (κ2) is 7.01. The van der Waals surface area contributed by atoms with Crippen molar-refractivity contribution in [3.05, 3.63) is 94.1 Å². The van der Waals surface area contributed by atoms with E-state index in [2.05, 4.69) is 74.5 Å². The Bertz CT molecular complexity index is 723. The zero-order valence-electron chi connectivity index (χ0n) is 15.2. The molecule has 25 heavy (non-hydrogen) atoms. The van der Waals surface area contributed by atoms with Gasteiger partial charge in [-0.05, 0) is 61.8 Å². The van der Waals surface area contributed by atoms with Crippen LogP contribution in [0.1, 0.15) is 60.1 Å². The van der Waals surface area contributed by atoms with E-state index < -0.39 is 0 Å². The molecular formula is C24H26O. The molecule has 1 nitrogen and oxygen atoms in total. The Labute approximate surface area is 151 Å². The van der Waals surface area contributed by atoms with Crippen LogP contribution < -0.4 is 0 Å². The molecule has 0 N–H and O–H groups in total. The molecule has 0 aliphatic heterocycles. The fraction of sp³-hybridized carbons (Fsp3) is 0.333. The summed E-state index contributed by atoms with van der Waals surface area (Å²) < 4.78 is 6.77. The molecule has 2 unspecified atom stereocenters. The highest BCUT2D eigenvalue weighted by molar-refractivity contribution is 5.35. The molecule has 2 aromatic rings. The van der Waals surface area contributed by atoms with Crippen molar-refractivity contribution in [2.24, 2.45) is 0 Å². The van der Waals surface area contributed by atoms with Crippen LogP contribution in [-0.4, -0.2) is 0 Å². The first kappa shape index (κ1) is 16.4. The molecule has 0 heterocycles. The topological polar surface area (TPSA) is 9.23 Å². The van der Waals surface area contributed by atoms with Crippen LogP contribution in [0.5, 0.6) is 0 Å². The Morgan fingerprint density at radius 2 is 1.00 bits per heavy atom. The molecule has 0 bridgehead atoms. The Morgan fingerprint density at radius 1 is 0.640 bits per heavy atom. The highest BCUT2D eigenvalue weighted by Gasteiger charge is 2.28. The highest BCUT2D eigenvalue weighted by Crippen LogP contribution is 2.43. The first-order valence-electron chi connectivity index (χ1n) is 9.37. The predicted octanol–water partition coefficient (Wildman–Crippen LogP) is 6.54. The summed E-state index contributed by atoms with van der Waals surface area (Å²) in [4.78, 5) is 0. The lowest BCUT2D eigenvalue weighted by Crippen LogP contribution is -2.18. The van der Waals surface area contributed by atoms with Crippen LogP contribution in [0.15, 0.2) is 71.8 Å². The SMILES string of the molecule is Cc1ccc(C(OC(C2=CCC2)c2ccc(C)cc2)C2=CCC2)cc1. The monoisotopic (exact) mass is 330 g/mol. The Hall–Kier alpha value is -2.12. The minimum atomic E-state index is 0.0714. The molecule has 2 aliphatic carbocycles. The number of hydrogen-bond acceptors (Lipinski definition) is 1. The van der Waals surface area contributed by atoms with Gasteiger partial charge < -0.3 is 4.74 Å². The maximum absolute atomic E-state index is 6.77. The summed E-state index contributed by atoms with van der Waals surface area (Å²) >= 11 is 0. The van der Waals surface area contributed by atoms with Gasteiger partial charge >= 0.3 is 0 Å². The van der Waals surface area contributed by atoms with Crippen LogP contribution in [0, 0.1) is 13.8 Å². The molecule has 0 radical (unpaired) electrons. The summed E-state index contributed by atoms with van der Waals surface area (Å²) in [5.41, 5.74) is 7.99. The molecule has 0 aromatic heterocycles. The number of hydrogen-bond donors (Lipinski definition) is 0. The van der Waals surface area contributed by atoms with E-state index in [9.17, 15) is 0 Å². The van der Waals surface area contributed by atoms with E-state index >= 15 is 0 Å². The van der Waals surface area contributed by atoms with Crippen LogP contribution in [0.2, 0.25) is 0 Å². The minimum absolute atomic E-state index is 0.0714. The highest BCUT2D eigenvalue weighted by atomic mass is 16.5. The third-order valence-electron chi connectivity index (χ3n) is 5.38. The molecule has 0 spiro atoms. The summed E-state index contributed by atoms with van der Waals surface area (Å²) in [5, 5.41) is 0. The molecule has 0 amide bonds. The molecule has 2 atom stereocenters. The standard InChI is InChI=1S/C24H26O/c1-17-9-13-21(14-10-17)23(19-5-3-6-19)25-24(20-7-4-8-20)22-15-11-18(2)12-16-22/h5,7,9-16,23-24H,3-4,6,8H2,1-2H3. The maximum atomic E-state index is 6.77. The van der Waals surface area contributed by atoms with Crippen molar-refractivity contribution >= 4 is 0 Å². The molecule has 4 rings (SSSR count). The zero-order chi connectivity index (χ0) is 17.2. The van der Waals surface area contributed by atoms with Crippen LogP contribution in [0.3, 0.4) is 0 Å². The van der Waals surface area contributed by atoms with Crippen molar-refractivity contribution in [3.8, 4) is 0 Å². The summed E-state index contributed by atoms with van der Waals surface area (Å²) in [6.45, 7) is 4.27. The lowest BCUT2D eigenvalue weighted by molar-refractivity contribution is 0.0185. The van der Waals surface area contributed by atoms with Crippen LogP contribution in [0.4, 0.5) is 0 Å². The van der Waals surface area contributed by atoms with Crippen molar-refractivity contribution in [2.45, 2.75) is 51.7 Å². The van der Waals surface area contributed by atoms with Crippen LogP contribution in [0.25, 0.3) is 0 Å². The van der Waals surface area contributed by atoms with Gasteiger partial charge in [0.25, 0.3) is 0 Å². The average molecular weight is 330 g/mol. The van der Waals surface area contributed by atoms with E-state index in [0.29, 0.717) is 0 Å². The molecule has 0 saturated carbocycles. The quantitative estimate of drug-likeness (QED) is 0.546. The Balaban J connectivity index is 1.66. The first-order valence-corrected chi connectivity index (χ1v) is 9.37. The van der Waals surface area contributed by atoms with Gasteiger partial charge in [0.05, 0.1) is 0 Å². The normalized spacial score (nSPS) is 18.5. The van der Waals surface area contributed by atoms with Crippen LogP contribution in [-0.2, 0) is 4.74 Å². The zero-order valence-corrected chi connectivity index (χ0v) is 15.2. The molecule has 2 aromatic carbocycles. The van der Waals surface area contributed by atoms with Crippen molar-refractivity contribution in [1.82, 2.24) is 0 Å². The fourth-order valence-corrected chi connectivity index (χ4v) is 3.48. The third kappa shape index (κ3) is 3.48. The third-order valence-corrected chi connectivity index (χ3v) is 5.38. The second-order valence-corrected chi connectivity index (χ2v) is 7.35. The van der Waals surface area contributed by atoms with E-state index in [0.717, 1.165) is 12.8 Å². The summed E-state index contributed by atoms with van der Waals surface area (Å²) in [6, 6.07) is 17.6. The van der Waals surface area contributed by atoms with E-state index in [1.807, 2.05) is 0 Å². The molecular weight excluding hydrogens is 304 g/mol. The number of allylic oxidation sites excluding steroid dienone is 2. The van der Waals surface area contributed by atoms with Crippen LogP contribution >= 0.6 is 0 Å². The lowest BCUT2D eigenvalue weighted by Gasteiger charge is -2.33. The summed E-state index contributed by atoms with van der Waals surface area (Å²) in [6.07, 6.45) is 9.48. The van der Waals surface area contributed by atoms with Gasteiger partial charge in [0.1, 0.15) is 12.2 Å². The van der Waals surface area contributed by atoms with E-state index in [4.69, 9.17) is 4.74 Å². The van der Waals surface area contributed by atoms with Gasteiger partial charge in [-0.2, -0.15) is 0 Å². The first-order chi connectivity index (χ1) is 12.2. The summed E-state index contributed by atoms with van der Waals surface area (Å²) in [7, 11) is 0. The minimum Gasteiger partial charge on any atom is -0.357 e. The molecule has 0 fully saturated rings. The van der Waals surface area contributed by atoms with Gasteiger partial charge in [0.2, 0.25) is 0 Å². The average Bonchev–Trinajstić information content (AvgIpc) is 2.51. The van der Waals surface area contributed by atoms with Crippen molar-refractivity contribution in [2.75, 3.05) is 0 Å². The van der Waals surface area contributed by atoms with Gasteiger partial charge in [0.15, 0.2) is 0 Å². The largest absolute Gasteiger partial charge is 0.357 e. The number of aryl methyl sites for hydroxylation is 2. The van der Waals surface area contributed by atoms with E-state index in [1.165, 1.54) is 46.2 Å². The van der Waals surface area contributed by atoms with Gasteiger partial charge in [-0.15, -0.1) is 0 Å². The second-order valence-electron chi connectivity index (χ2n) is 7.35. The molecule has 2 aliphatic rings. The van der Waals surface area contributed by atoms with Gasteiger partial charge in [-0.25, -0.2) is 0 Å². The van der Waals surface area contributed by atoms with Gasteiger partial charge in [0, 0.05) is 0 Å². The molecule has 1 heteroatoms. The smallest absolute Gasteiger partial charge is 0.105 e. The van der Waals surface area contributed by atoms with Crippen molar-refractivity contribution in [3.63, 3.8) is 0 Å². The molecule has 0 saturated heterocycles. The Morgan fingerprint density at radius 3 is 1.28 bits per heavy atom. The fourth-order valence-electron chi connectivity index (χ4n) is 3.48. The van der Waals surface area contributed by atoms with Gasteiger partial charge in [-0.3, -0.25) is 0 Å². The number of benzene rings is 2. The predicted molar refractivity (Wildman–Crippen MR) is 104 cm³/mol. The summed E-state index contributed by atoms with van der Waals surface area (Å²) in [5.74, 6) is 0. The number of rotatable bonds is 6. The van der Waals surface area contributed by atoms with E-state index in [1.54, 1.807) is 0 Å².